The number of hydrogen-bond acceptors (Lipinski definition) is 2. The van der Waals surface area contributed by atoms with Crippen molar-refractivity contribution in [2.45, 2.75) is 38.1 Å². The number of carbonyl (C=O) groups excluding carboxylic acids is 1. The summed E-state index contributed by atoms with van der Waals surface area (Å²) in [5, 5.41) is 0. The fourth-order valence-electron chi connectivity index (χ4n) is 1.24. The molecule has 1 aliphatic rings. The van der Waals surface area contributed by atoms with Crippen LogP contribution in [-0.4, -0.2) is 18.2 Å². The summed E-state index contributed by atoms with van der Waals surface area (Å²) in [6, 6.07) is 0. The summed E-state index contributed by atoms with van der Waals surface area (Å²) in [5.41, 5.74) is 0. The number of ether oxygens (including phenoxy) is 1. The van der Waals surface area contributed by atoms with Gasteiger partial charge in [0, 0.05) is 6.42 Å². The summed E-state index contributed by atoms with van der Waals surface area (Å²) in [4.78, 5) is 10.8. The first-order valence-electron chi connectivity index (χ1n) is 3.76. The monoisotopic (exact) mass is 182 g/mol. The Morgan fingerprint density at radius 1 is 1.33 bits per heavy atom. The van der Waals surface area contributed by atoms with Gasteiger partial charge in [0.05, 0.1) is 0 Å². The van der Waals surface area contributed by atoms with Crippen LogP contribution in [0.3, 0.4) is 0 Å². The highest BCUT2D eigenvalue weighted by Crippen LogP contribution is 2.25. The largest absolute Gasteiger partial charge is 0.523 e. The number of Topliss-reactive ketones (excluding diaryl/α,β-unsaturated/α-hetero) is 1. The number of rotatable bonds is 1. The molecule has 1 aliphatic carbocycles. The van der Waals surface area contributed by atoms with E-state index in [4.69, 9.17) is 0 Å². The van der Waals surface area contributed by atoms with Gasteiger partial charge < -0.3 is 0 Å². The third-order valence-electron chi connectivity index (χ3n) is 1.77. The molecule has 0 radical (unpaired) electrons. The molecule has 0 saturated heterocycles. The molecular formula is C7H9F3O2. The van der Waals surface area contributed by atoms with Crippen LogP contribution < -0.4 is 0 Å². The van der Waals surface area contributed by atoms with Gasteiger partial charge in [0.2, 0.25) is 0 Å². The second-order valence-corrected chi connectivity index (χ2v) is 2.76. The lowest BCUT2D eigenvalue weighted by atomic mass is 9.96. The maximum absolute atomic E-state index is 11.6. The van der Waals surface area contributed by atoms with Crippen molar-refractivity contribution in [3.63, 3.8) is 0 Å². The molecule has 1 saturated carbocycles. The smallest absolute Gasteiger partial charge is 0.297 e. The van der Waals surface area contributed by atoms with E-state index < -0.39 is 18.2 Å². The first-order valence-corrected chi connectivity index (χ1v) is 3.76. The van der Waals surface area contributed by atoms with Crippen LogP contribution in [0.4, 0.5) is 13.2 Å². The Morgan fingerprint density at radius 2 is 2.00 bits per heavy atom. The Morgan fingerprint density at radius 3 is 2.50 bits per heavy atom. The fraction of sp³-hybridized carbons (Fsp3) is 0.857. The normalized spacial score (nSPS) is 25.9. The summed E-state index contributed by atoms with van der Waals surface area (Å²) in [6.07, 6.45) is -4.22. The maximum atomic E-state index is 11.6. The minimum Gasteiger partial charge on any atom is -0.297 e. The van der Waals surface area contributed by atoms with Crippen molar-refractivity contribution in [3.8, 4) is 0 Å². The van der Waals surface area contributed by atoms with E-state index >= 15 is 0 Å². The second kappa shape index (κ2) is 3.43. The Balaban J connectivity index is 2.45. The lowest BCUT2D eigenvalue weighted by Gasteiger charge is -2.21. The summed E-state index contributed by atoms with van der Waals surface area (Å²) in [6.45, 7) is 0. The Labute approximate surface area is 67.7 Å². The van der Waals surface area contributed by atoms with Crippen molar-refractivity contribution in [2.75, 3.05) is 0 Å². The second-order valence-electron chi connectivity index (χ2n) is 2.76. The van der Waals surface area contributed by atoms with Gasteiger partial charge >= 0.3 is 6.36 Å². The average Bonchev–Trinajstić information content (AvgIpc) is 1.91. The number of halogens is 3. The van der Waals surface area contributed by atoms with Gasteiger partial charge in [-0.3, -0.25) is 9.53 Å². The van der Waals surface area contributed by atoms with Gasteiger partial charge in [0.15, 0.2) is 5.78 Å². The first-order chi connectivity index (χ1) is 5.49. The lowest BCUT2D eigenvalue weighted by Crippen LogP contribution is -2.33. The van der Waals surface area contributed by atoms with Gasteiger partial charge in [-0.25, -0.2) is 0 Å². The summed E-state index contributed by atoms with van der Waals surface area (Å²) in [7, 11) is 0. The summed E-state index contributed by atoms with van der Waals surface area (Å²) < 4.78 is 38.6. The van der Waals surface area contributed by atoms with Crippen LogP contribution in [0.15, 0.2) is 0 Å². The SMILES string of the molecule is O=C1CCCCC1OC(F)(F)F. The van der Waals surface area contributed by atoms with Crippen LogP contribution in [0.2, 0.25) is 0 Å². The molecule has 70 valence electrons. The molecular weight excluding hydrogens is 173 g/mol. The van der Waals surface area contributed by atoms with Crippen molar-refractivity contribution >= 4 is 5.78 Å². The molecule has 0 aliphatic heterocycles. The van der Waals surface area contributed by atoms with E-state index in [9.17, 15) is 18.0 Å². The van der Waals surface area contributed by atoms with Crippen LogP contribution >= 0.6 is 0 Å². The summed E-state index contributed by atoms with van der Waals surface area (Å²) >= 11 is 0. The molecule has 2 nitrogen and oxygen atoms in total. The summed E-state index contributed by atoms with van der Waals surface area (Å²) in [5.74, 6) is -0.432. The number of ketones is 1. The van der Waals surface area contributed by atoms with Crippen molar-refractivity contribution in [1.29, 1.82) is 0 Å². The third-order valence-corrected chi connectivity index (χ3v) is 1.77. The number of carbonyl (C=O) groups is 1. The molecule has 12 heavy (non-hydrogen) atoms. The molecule has 0 bridgehead atoms. The molecule has 0 N–H and O–H groups in total. The van der Waals surface area contributed by atoms with Crippen LogP contribution in [0.5, 0.6) is 0 Å². The van der Waals surface area contributed by atoms with E-state index in [0.717, 1.165) is 0 Å². The van der Waals surface area contributed by atoms with E-state index in [-0.39, 0.29) is 12.8 Å². The van der Waals surface area contributed by atoms with E-state index in [2.05, 4.69) is 4.74 Å². The third kappa shape index (κ3) is 2.81. The molecule has 0 aromatic heterocycles. The van der Waals surface area contributed by atoms with Crippen molar-refractivity contribution in [3.05, 3.63) is 0 Å². The van der Waals surface area contributed by atoms with Gasteiger partial charge in [-0.1, -0.05) is 0 Å². The highest BCUT2D eigenvalue weighted by atomic mass is 19.4. The predicted octanol–water partition coefficient (Wildman–Crippen LogP) is 2.03. The molecule has 0 spiro atoms. The predicted molar refractivity (Wildman–Crippen MR) is 34.4 cm³/mol. The highest BCUT2D eigenvalue weighted by Gasteiger charge is 2.37. The van der Waals surface area contributed by atoms with E-state index in [1.807, 2.05) is 0 Å². The minimum absolute atomic E-state index is 0.193. The van der Waals surface area contributed by atoms with Gasteiger partial charge in [-0.05, 0) is 19.3 Å². The van der Waals surface area contributed by atoms with Crippen molar-refractivity contribution in [2.24, 2.45) is 0 Å². The van der Waals surface area contributed by atoms with Crippen LogP contribution in [-0.2, 0) is 9.53 Å². The lowest BCUT2D eigenvalue weighted by molar-refractivity contribution is -0.338. The van der Waals surface area contributed by atoms with Crippen LogP contribution in [0.1, 0.15) is 25.7 Å². The quantitative estimate of drug-likeness (QED) is 0.620. The molecule has 0 aromatic rings. The first kappa shape index (κ1) is 9.51. The molecule has 0 heterocycles. The van der Waals surface area contributed by atoms with Crippen molar-refractivity contribution < 1.29 is 22.7 Å². The molecule has 1 unspecified atom stereocenters. The van der Waals surface area contributed by atoms with Crippen molar-refractivity contribution in [1.82, 2.24) is 0 Å². The van der Waals surface area contributed by atoms with E-state index in [1.54, 1.807) is 0 Å². The number of alkyl halides is 3. The Hall–Kier alpha value is -0.580. The molecule has 0 amide bonds. The van der Waals surface area contributed by atoms with Gasteiger partial charge in [0.1, 0.15) is 6.10 Å². The molecule has 1 atom stereocenters. The van der Waals surface area contributed by atoms with E-state index in [1.165, 1.54) is 0 Å². The zero-order chi connectivity index (χ0) is 9.19. The average molecular weight is 182 g/mol. The zero-order valence-electron chi connectivity index (χ0n) is 6.36. The Bertz CT molecular complexity index is 176. The highest BCUT2D eigenvalue weighted by molar-refractivity contribution is 5.83. The van der Waals surface area contributed by atoms with Gasteiger partial charge in [-0.15, -0.1) is 13.2 Å². The standard InChI is InChI=1S/C7H9F3O2/c8-7(9,10)12-6-4-2-1-3-5(6)11/h6H,1-4H2. The van der Waals surface area contributed by atoms with Gasteiger partial charge in [-0.2, -0.15) is 0 Å². The fourth-order valence-corrected chi connectivity index (χ4v) is 1.24. The zero-order valence-corrected chi connectivity index (χ0v) is 6.36. The van der Waals surface area contributed by atoms with Crippen LogP contribution in [0.25, 0.3) is 0 Å². The maximum Gasteiger partial charge on any atom is 0.523 e. The molecule has 5 heteroatoms. The number of hydrogen-bond donors (Lipinski definition) is 0. The topological polar surface area (TPSA) is 26.3 Å². The molecule has 1 rings (SSSR count). The molecule has 1 fully saturated rings. The van der Waals surface area contributed by atoms with Crippen LogP contribution in [0, 0.1) is 0 Å². The Kier molecular flexibility index (Phi) is 2.72. The molecule has 0 aromatic carbocycles. The minimum atomic E-state index is -4.68. The van der Waals surface area contributed by atoms with E-state index in [0.29, 0.717) is 12.8 Å². The van der Waals surface area contributed by atoms with Gasteiger partial charge in [0.25, 0.3) is 0 Å².